The summed E-state index contributed by atoms with van der Waals surface area (Å²) in [4.78, 5) is 7.53. The van der Waals surface area contributed by atoms with Gasteiger partial charge in [-0.15, -0.1) is 0 Å². The Morgan fingerprint density at radius 3 is 2.75 bits per heavy atom. The van der Waals surface area contributed by atoms with Crippen LogP contribution in [0.4, 0.5) is 5.95 Å². The monoisotopic (exact) mass is 308 g/mol. The van der Waals surface area contributed by atoms with Crippen LogP contribution in [0.1, 0.15) is 11.1 Å². The number of aryl methyl sites for hydroxylation is 1. The molecule has 0 amide bonds. The molecule has 2 rings (SSSR count). The number of nitrogens with one attached hydrogen (secondary N) is 1. The number of halogens is 1. The Morgan fingerprint density at radius 1 is 1.35 bits per heavy atom. The molecule has 1 N–H and O–H groups in total. The lowest BCUT2D eigenvalue weighted by Gasteiger charge is -2.09. The SMILES string of the molecule is Cc1ccc(C#N)cc1S(=O)(=O)Nc1nccc(Cl)n1. The van der Waals surface area contributed by atoms with Gasteiger partial charge >= 0.3 is 0 Å². The third-order valence-electron chi connectivity index (χ3n) is 2.45. The molecule has 0 aliphatic rings. The maximum Gasteiger partial charge on any atom is 0.264 e. The number of rotatable bonds is 3. The van der Waals surface area contributed by atoms with Crippen molar-refractivity contribution in [3.8, 4) is 6.07 Å². The highest BCUT2D eigenvalue weighted by atomic mass is 35.5. The van der Waals surface area contributed by atoms with Gasteiger partial charge in [0, 0.05) is 6.20 Å². The molecule has 1 aromatic carbocycles. The Labute approximate surface area is 121 Å². The summed E-state index contributed by atoms with van der Waals surface area (Å²) in [5.41, 5.74) is 0.765. The first-order chi connectivity index (χ1) is 9.42. The van der Waals surface area contributed by atoms with Crippen molar-refractivity contribution in [2.45, 2.75) is 11.8 Å². The Hall–Kier alpha value is -2.17. The van der Waals surface area contributed by atoms with Crippen molar-refractivity contribution in [1.82, 2.24) is 9.97 Å². The van der Waals surface area contributed by atoms with Crippen molar-refractivity contribution >= 4 is 27.6 Å². The third kappa shape index (κ3) is 3.04. The molecule has 102 valence electrons. The maximum absolute atomic E-state index is 12.3. The summed E-state index contributed by atoms with van der Waals surface area (Å²) >= 11 is 5.67. The van der Waals surface area contributed by atoms with Crippen LogP contribution in [0.15, 0.2) is 35.4 Å². The van der Waals surface area contributed by atoms with E-state index >= 15 is 0 Å². The summed E-state index contributed by atoms with van der Waals surface area (Å²) in [7, 11) is -3.88. The lowest BCUT2D eigenvalue weighted by atomic mass is 10.2. The van der Waals surface area contributed by atoms with Crippen molar-refractivity contribution in [1.29, 1.82) is 5.26 Å². The Kier molecular flexibility index (Phi) is 3.88. The van der Waals surface area contributed by atoms with Crippen LogP contribution in [0, 0.1) is 18.3 Å². The molecule has 0 bridgehead atoms. The van der Waals surface area contributed by atoms with E-state index in [0.29, 0.717) is 5.56 Å². The molecular formula is C12H9ClN4O2S. The zero-order chi connectivity index (χ0) is 14.8. The van der Waals surface area contributed by atoms with Crippen molar-refractivity contribution in [3.63, 3.8) is 0 Å². The van der Waals surface area contributed by atoms with Gasteiger partial charge in [0.25, 0.3) is 10.0 Å². The molecule has 2 aromatic rings. The van der Waals surface area contributed by atoms with E-state index in [4.69, 9.17) is 16.9 Å². The zero-order valence-corrected chi connectivity index (χ0v) is 11.9. The van der Waals surface area contributed by atoms with Crippen molar-refractivity contribution < 1.29 is 8.42 Å². The summed E-state index contributed by atoms with van der Waals surface area (Å²) in [6.45, 7) is 1.63. The number of aromatic nitrogens is 2. The average Bonchev–Trinajstić information content (AvgIpc) is 2.38. The van der Waals surface area contributed by atoms with Gasteiger partial charge in [0.2, 0.25) is 5.95 Å². The fraction of sp³-hybridized carbons (Fsp3) is 0.0833. The number of nitrogens with zero attached hydrogens (tertiary/aromatic N) is 3. The van der Waals surface area contributed by atoms with Crippen LogP contribution in [0.5, 0.6) is 0 Å². The second-order valence-electron chi connectivity index (χ2n) is 3.90. The lowest BCUT2D eigenvalue weighted by molar-refractivity contribution is 0.600. The van der Waals surface area contributed by atoms with Crippen LogP contribution in [-0.4, -0.2) is 18.4 Å². The topological polar surface area (TPSA) is 95.7 Å². The molecule has 1 aromatic heterocycles. The van der Waals surface area contributed by atoms with E-state index in [0.717, 1.165) is 0 Å². The molecule has 1 heterocycles. The van der Waals surface area contributed by atoms with E-state index in [-0.39, 0.29) is 21.6 Å². The fourth-order valence-corrected chi connectivity index (χ4v) is 2.88. The fourth-order valence-electron chi connectivity index (χ4n) is 1.52. The molecule has 6 nitrogen and oxygen atoms in total. The first kappa shape index (κ1) is 14.2. The summed E-state index contributed by atoms with van der Waals surface area (Å²) in [6.07, 6.45) is 1.34. The highest BCUT2D eigenvalue weighted by Crippen LogP contribution is 2.19. The standard InChI is InChI=1S/C12H9ClN4O2S/c1-8-2-3-9(7-14)6-10(8)20(18,19)17-12-15-5-4-11(13)16-12/h2-6H,1H3,(H,15,16,17). The first-order valence-corrected chi connectivity index (χ1v) is 7.30. The van der Waals surface area contributed by atoms with Gasteiger partial charge in [0.05, 0.1) is 16.5 Å². The van der Waals surface area contributed by atoms with Crippen LogP contribution < -0.4 is 4.72 Å². The number of hydrogen-bond donors (Lipinski definition) is 1. The van der Waals surface area contributed by atoms with Gasteiger partial charge in [0.1, 0.15) is 5.15 Å². The molecule has 0 saturated carbocycles. The van der Waals surface area contributed by atoms with Crippen LogP contribution in [0.3, 0.4) is 0 Å². The smallest absolute Gasteiger partial charge is 0.247 e. The van der Waals surface area contributed by atoms with Crippen LogP contribution >= 0.6 is 11.6 Å². The lowest BCUT2D eigenvalue weighted by Crippen LogP contribution is -2.16. The minimum Gasteiger partial charge on any atom is -0.247 e. The van der Waals surface area contributed by atoms with E-state index < -0.39 is 10.0 Å². The van der Waals surface area contributed by atoms with Crippen molar-refractivity contribution in [2.24, 2.45) is 0 Å². The Balaban J connectivity index is 2.43. The van der Waals surface area contributed by atoms with E-state index in [1.807, 2.05) is 6.07 Å². The average molecular weight is 309 g/mol. The highest BCUT2D eigenvalue weighted by molar-refractivity contribution is 7.92. The molecule has 0 aliphatic carbocycles. The molecule has 0 spiro atoms. The van der Waals surface area contributed by atoms with E-state index in [9.17, 15) is 8.42 Å². The van der Waals surface area contributed by atoms with E-state index in [2.05, 4.69) is 14.7 Å². The molecule has 8 heteroatoms. The van der Waals surface area contributed by atoms with E-state index in [1.165, 1.54) is 18.3 Å². The molecule has 0 aliphatic heterocycles. The Bertz CT molecular complexity index is 799. The van der Waals surface area contributed by atoms with Gasteiger partial charge in [-0.1, -0.05) is 17.7 Å². The normalized spacial score (nSPS) is 10.8. The van der Waals surface area contributed by atoms with Crippen LogP contribution in [-0.2, 0) is 10.0 Å². The highest BCUT2D eigenvalue weighted by Gasteiger charge is 2.19. The molecular weight excluding hydrogens is 300 g/mol. The predicted molar refractivity (Wildman–Crippen MR) is 73.7 cm³/mol. The van der Waals surface area contributed by atoms with Gasteiger partial charge in [0.15, 0.2) is 0 Å². The van der Waals surface area contributed by atoms with Gasteiger partial charge < -0.3 is 0 Å². The quantitative estimate of drug-likeness (QED) is 0.876. The molecule has 0 atom stereocenters. The van der Waals surface area contributed by atoms with Gasteiger partial charge in [-0.3, -0.25) is 0 Å². The third-order valence-corrected chi connectivity index (χ3v) is 4.13. The molecule has 0 radical (unpaired) electrons. The maximum atomic E-state index is 12.3. The predicted octanol–water partition coefficient (Wildman–Crippen LogP) is 2.11. The summed E-state index contributed by atoms with van der Waals surface area (Å²) in [5.74, 6) is -0.126. The number of anilines is 1. The van der Waals surface area contributed by atoms with Crippen LogP contribution in [0.2, 0.25) is 5.15 Å². The second kappa shape index (κ2) is 5.45. The number of nitriles is 1. The molecule has 0 saturated heterocycles. The molecule has 20 heavy (non-hydrogen) atoms. The zero-order valence-electron chi connectivity index (χ0n) is 10.3. The molecule has 0 unspecified atom stereocenters. The summed E-state index contributed by atoms with van der Waals surface area (Å²) in [5, 5.41) is 8.96. The second-order valence-corrected chi connectivity index (χ2v) is 5.94. The minimum atomic E-state index is -3.88. The van der Waals surface area contributed by atoms with Crippen LogP contribution in [0.25, 0.3) is 0 Å². The molecule has 0 fully saturated rings. The largest absolute Gasteiger partial charge is 0.264 e. The summed E-state index contributed by atoms with van der Waals surface area (Å²) in [6, 6.07) is 7.73. The minimum absolute atomic E-state index is 0.000116. The Morgan fingerprint density at radius 2 is 2.10 bits per heavy atom. The van der Waals surface area contributed by atoms with Crippen molar-refractivity contribution in [3.05, 3.63) is 46.7 Å². The number of benzene rings is 1. The van der Waals surface area contributed by atoms with Gasteiger partial charge in [-0.2, -0.15) is 5.26 Å². The van der Waals surface area contributed by atoms with Gasteiger partial charge in [-0.25, -0.2) is 23.1 Å². The van der Waals surface area contributed by atoms with Crippen molar-refractivity contribution in [2.75, 3.05) is 4.72 Å². The number of sulfonamides is 1. The first-order valence-electron chi connectivity index (χ1n) is 5.44. The van der Waals surface area contributed by atoms with Gasteiger partial charge in [-0.05, 0) is 30.7 Å². The van der Waals surface area contributed by atoms with E-state index in [1.54, 1.807) is 19.1 Å². The summed E-state index contributed by atoms with van der Waals surface area (Å²) < 4.78 is 26.7. The number of hydrogen-bond acceptors (Lipinski definition) is 5.